The van der Waals surface area contributed by atoms with E-state index in [2.05, 4.69) is 29.0 Å². The number of ether oxygens (including phenoxy) is 1. The fourth-order valence-corrected chi connectivity index (χ4v) is 3.13. The van der Waals surface area contributed by atoms with Crippen molar-refractivity contribution in [2.24, 2.45) is 0 Å². The second-order valence-corrected chi connectivity index (χ2v) is 5.83. The Kier molecular flexibility index (Phi) is 3.50. The van der Waals surface area contributed by atoms with E-state index in [0.29, 0.717) is 19.7 Å². The Morgan fingerprint density at radius 3 is 2.74 bits per heavy atom. The average Bonchev–Trinajstić information content (AvgIpc) is 2.91. The van der Waals surface area contributed by atoms with Crippen LogP contribution in [0.4, 0.5) is 4.79 Å². The first-order valence-corrected chi connectivity index (χ1v) is 7.83. The minimum Gasteiger partial charge on any atom is -0.445 e. The monoisotopic (exact) mass is 306 g/mol. The number of amides is 1. The predicted octanol–water partition coefficient (Wildman–Crippen LogP) is 3.79. The van der Waals surface area contributed by atoms with Gasteiger partial charge >= 0.3 is 6.09 Å². The number of hydrogen-bond donors (Lipinski definition) is 0. The lowest BCUT2D eigenvalue weighted by molar-refractivity contribution is 0.0934. The average molecular weight is 306 g/mol. The Morgan fingerprint density at radius 1 is 1.00 bits per heavy atom. The van der Waals surface area contributed by atoms with Gasteiger partial charge in [0, 0.05) is 19.3 Å². The van der Waals surface area contributed by atoms with Crippen LogP contribution in [-0.2, 0) is 24.4 Å². The van der Waals surface area contributed by atoms with E-state index in [0.717, 1.165) is 12.1 Å². The van der Waals surface area contributed by atoms with Crippen LogP contribution in [0.15, 0.2) is 60.8 Å². The van der Waals surface area contributed by atoms with Crippen LogP contribution in [-0.4, -0.2) is 22.1 Å². The number of nitrogens with zero attached hydrogens (tertiary/aromatic N) is 2. The minimum absolute atomic E-state index is 0.253. The maximum Gasteiger partial charge on any atom is 0.410 e. The second-order valence-electron chi connectivity index (χ2n) is 5.83. The molecule has 0 bridgehead atoms. The third-order valence-corrected chi connectivity index (χ3v) is 4.31. The van der Waals surface area contributed by atoms with Crippen LogP contribution in [0.5, 0.6) is 0 Å². The number of para-hydroxylation sites is 1. The molecule has 4 rings (SSSR count). The normalized spacial score (nSPS) is 13.8. The molecule has 23 heavy (non-hydrogen) atoms. The van der Waals surface area contributed by atoms with E-state index in [1.54, 1.807) is 4.90 Å². The highest BCUT2D eigenvalue weighted by Gasteiger charge is 2.21. The Labute approximate surface area is 134 Å². The van der Waals surface area contributed by atoms with Crippen LogP contribution in [0.25, 0.3) is 10.9 Å². The molecule has 2 heterocycles. The lowest BCUT2D eigenvalue weighted by Crippen LogP contribution is -2.32. The van der Waals surface area contributed by atoms with E-state index in [9.17, 15) is 4.79 Å². The van der Waals surface area contributed by atoms with Crippen molar-refractivity contribution < 1.29 is 9.53 Å². The first kappa shape index (κ1) is 13.9. The number of carbonyl (C=O) groups excluding carboxylic acids is 1. The van der Waals surface area contributed by atoms with Gasteiger partial charge in [0.2, 0.25) is 0 Å². The maximum atomic E-state index is 12.4. The molecule has 0 atom stereocenters. The first-order chi connectivity index (χ1) is 11.3. The quantitative estimate of drug-likeness (QED) is 0.722. The van der Waals surface area contributed by atoms with Gasteiger partial charge in [-0.15, -0.1) is 0 Å². The first-order valence-electron chi connectivity index (χ1n) is 7.83. The molecule has 1 amide bonds. The van der Waals surface area contributed by atoms with Gasteiger partial charge in [-0.2, -0.15) is 0 Å². The van der Waals surface area contributed by atoms with Crippen molar-refractivity contribution >= 4 is 17.0 Å². The van der Waals surface area contributed by atoms with Crippen molar-refractivity contribution in [2.75, 3.05) is 6.54 Å². The van der Waals surface area contributed by atoms with Crippen molar-refractivity contribution in [3.05, 3.63) is 71.9 Å². The molecule has 0 unspecified atom stereocenters. The zero-order chi connectivity index (χ0) is 15.6. The fourth-order valence-electron chi connectivity index (χ4n) is 3.13. The van der Waals surface area contributed by atoms with Gasteiger partial charge in [-0.3, -0.25) is 0 Å². The molecule has 0 saturated heterocycles. The van der Waals surface area contributed by atoms with Gasteiger partial charge in [0.1, 0.15) is 6.61 Å². The number of rotatable bonds is 2. The van der Waals surface area contributed by atoms with Crippen LogP contribution < -0.4 is 0 Å². The molecule has 1 aliphatic rings. The van der Waals surface area contributed by atoms with Crippen molar-refractivity contribution in [3.8, 4) is 0 Å². The molecule has 0 aliphatic carbocycles. The summed E-state index contributed by atoms with van der Waals surface area (Å²) < 4.78 is 7.69. The van der Waals surface area contributed by atoms with Gasteiger partial charge in [0.25, 0.3) is 0 Å². The van der Waals surface area contributed by atoms with Crippen LogP contribution in [0.1, 0.15) is 11.1 Å². The highest BCUT2D eigenvalue weighted by atomic mass is 16.6. The zero-order valence-electron chi connectivity index (χ0n) is 12.8. The van der Waals surface area contributed by atoms with Crippen LogP contribution in [0.3, 0.4) is 0 Å². The SMILES string of the molecule is O=C(OCc1ccccc1)N1CCn2ccc3cccc(c32)C1. The second kappa shape index (κ2) is 5.80. The van der Waals surface area contributed by atoms with E-state index in [-0.39, 0.29) is 6.09 Å². The number of aromatic nitrogens is 1. The summed E-state index contributed by atoms with van der Waals surface area (Å²) in [5, 5.41) is 1.22. The summed E-state index contributed by atoms with van der Waals surface area (Å²) in [6, 6.07) is 18.1. The molecule has 116 valence electrons. The van der Waals surface area contributed by atoms with Gasteiger partial charge < -0.3 is 14.2 Å². The molecule has 4 heteroatoms. The van der Waals surface area contributed by atoms with Crippen molar-refractivity contribution in [2.45, 2.75) is 19.7 Å². The molecule has 2 aromatic carbocycles. The zero-order valence-corrected chi connectivity index (χ0v) is 12.8. The Balaban J connectivity index is 1.50. The Hall–Kier alpha value is -2.75. The van der Waals surface area contributed by atoms with Gasteiger partial charge in [0.05, 0.1) is 12.1 Å². The maximum absolute atomic E-state index is 12.4. The highest BCUT2D eigenvalue weighted by molar-refractivity contribution is 5.84. The molecule has 0 N–H and O–H groups in total. The Morgan fingerprint density at radius 2 is 1.87 bits per heavy atom. The summed E-state index contributed by atoms with van der Waals surface area (Å²) in [4.78, 5) is 14.2. The van der Waals surface area contributed by atoms with Crippen molar-refractivity contribution in [3.63, 3.8) is 0 Å². The van der Waals surface area contributed by atoms with Gasteiger partial charge in [-0.25, -0.2) is 4.79 Å². The largest absolute Gasteiger partial charge is 0.445 e. The molecule has 0 spiro atoms. The summed E-state index contributed by atoms with van der Waals surface area (Å²) in [6.07, 6.45) is 1.84. The van der Waals surface area contributed by atoms with Gasteiger partial charge in [-0.1, -0.05) is 48.5 Å². The molecule has 1 aliphatic heterocycles. The molecule has 0 radical (unpaired) electrons. The van der Waals surface area contributed by atoms with E-state index in [1.807, 2.05) is 36.4 Å². The van der Waals surface area contributed by atoms with E-state index in [1.165, 1.54) is 16.5 Å². The van der Waals surface area contributed by atoms with Crippen molar-refractivity contribution in [1.29, 1.82) is 0 Å². The molecule has 0 saturated carbocycles. The topological polar surface area (TPSA) is 34.5 Å². The third kappa shape index (κ3) is 2.68. The van der Waals surface area contributed by atoms with Gasteiger partial charge in [-0.05, 0) is 22.6 Å². The van der Waals surface area contributed by atoms with Gasteiger partial charge in [0.15, 0.2) is 0 Å². The molecular formula is C19H18N2O2. The predicted molar refractivity (Wildman–Crippen MR) is 89.0 cm³/mol. The smallest absolute Gasteiger partial charge is 0.410 e. The molecule has 0 fully saturated rings. The summed E-state index contributed by atoms with van der Waals surface area (Å²) >= 11 is 0. The van der Waals surface area contributed by atoms with E-state index >= 15 is 0 Å². The third-order valence-electron chi connectivity index (χ3n) is 4.31. The summed E-state index contributed by atoms with van der Waals surface area (Å²) in [6.45, 7) is 2.36. The van der Waals surface area contributed by atoms with E-state index in [4.69, 9.17) is 4.74 Å². The lowest BCUT2D eigenvalue weighted by atomic mass is 10.1. The fraction of sp³-hybridized carbons (Fsp3) is 0.211. The highest BCUT2D eigenvalue weighted by Crippen LogP contribution is 2.24. The lowest BCUT2D eigenvalue weighted by Gasteiger charge is -2.20. The number of carbonyl (C=O) groups is 1. The molecule has 3 aromatic rings. The minimum atomic E-state index is -0.253. The van der Waals surface area contributed by atoms with Crippen LogP contribution in [0.2, 0.25) is 0 Å². The standard InChI is InChI=1S/C19H18N2O2/c22-19(23-14-15-5-2-1-3-6-15)21-12-11-20-10-9-16-7-4-8-17(13-21)18(16)20/h1-10H,11-14H2. The number of benzene rings is 2. The van der Waals surface area contributed by atoms with Crippen molar-refractivity contribution in [1.82, 2.24) is 9.47 Å². The molecular weight excluding hydrogens is 288 g/mol. The number of hydrogen-bond acceptors (Lipinski definition) is 2. The summed E-state index contributed by atoms with van der Waals surface area (Å²) in [5.74, 6) is 0. The summed E-state index contributed by atoms with van der Waals surface area (Å²) in [7, 11) is 0. The van der Waals surface area contributed by atoms with E-state index < -0.39 is 0 Å². The molecule has 4 nitrogen and oxygen atoms in total. The van der Waals surface area contributed by atoms with Crippen LogP contribution in [0, 0.1) is 0 Å². The summed E-state index contributed by atoms with van der Waals surface area (Å²) in [5.41, 5.74) is 3.40. The Bertz CT molecular complexity index is 839. The molecule has 1 aromatic heterocycles. The van der Waals surface area contributed by atoms with Crippen LogP contribution >= 0.6 is 0 Å².